The van der Waals surface area contributed by atoms with E-state index in [0.29, 0.717) is 5.16 Å². The van der Waals surface area contributed by atoms with E-state index in [-0.39, 0.29) is 11.5 Å². The van der Waals surface area contributed by atoms with Gasteiger partial charge in [-0.3, -0.25) is 4.57 Å². The zero-order valence-electron chi connectivity index (χ0n) is 9.12. The molecule has 6 heteroatoms. The van der Waals surface area contributed by atoms with Crippen molar-refractivity contribution in [2.24, 2.45) is 0 Å². The first-order valence-electron chi connectivity index (χ1n) is 4.86. The molecule has 0 saturated heterocycles. The SMILES string of the molecule is CSc1nc(N)c(C(=O)O)n1-c1ccccc1. The summed E-state index contributed by atoms with van der Waals surface area (Å²) < 4.78 is 1.54. The number of carboxylic acids is 1. The number of benzene rings is 1. The summed E-state index contributed by atoms with van der Waals surface area (Å²) in [5, 5.41) is 9.73. The molecule has 0 atom stereocenters. The summed E-state index contributed by atoms with van der Waals surface area (Å²) in [7, 11) is 0. The van der Waals surface area contributed by atoms with Crippen LogP contribution in [0.4, 0.5) is 5.82 Å². The molecule has 0 radical (unpaired) electrons. The standard InChI is InChI=1S/C11H11N3O2S/c1-17-11-13-9(12)8(10(15)16)14(11)7-5-3-2-4-6-7/h2-6H,12H2,1H3,(H,15,16). The number of carboxylic acid groups (broad SMARTS) is 1. The Balaban J connectivity index is 2.70. The molecule has 1 heterocycles. The van der Waals surface area contributed by atoms with Crippen molar-refractivity contribution in [1.29, 1.82) is 0 Å². The first-order valence-corrected chi connectivity index (χ1v) is 6.08. The predicted octanol–water partition coefficient (Wildman–Crippen LogP) is 1.87. The van der Waals surface area contributed by atoms with Gasteiger partial charge in [-0.2, -0.15) is 0 Å². The summed E-state index contributed by atoms with van der Waals surface area (Å²) in [5.41, 5.74) is 6.37. The Kier molecular flexibility index (Phi) is 3.06. The molecular formula is C11H11N3O2S. The Morgan fingerprint density at radius 1 is 1.41 bits per heavy atom. The number of para-hydroxylation sites is 1. The molecular weight excluding hydrogens is 238 g/mol. The lowest BCUT2D eigenvalue weighted by molar-refractivity contribution is 0.0688. The lowest BCUT2D eigenvalue weighted by atomic mass is 10.3. The fourth-order valence-corrected chi connectivity index (χ4v) is 2.14. The van der Waals surface area contributed by atoms with E-state index in [1.165, 1.54) is 11.8 Å². The number of imidazole rings is 1. The Bertz CT molecular complexity index is 551. The zero-order valence-corrected chi connectivity index (χ0v) is 9.94. The molecule has 1 aromatic heterocycles. The van der Waals surface area contributed by atoms with Crippen molar-refractivity contribution in [2.45, 2.75) is 5.16 Å². The quantitative estimate of drug-likeness (QED) is 0.812. The van der Waals surface area contributed by atoms with E-state index in [1.54, 1.807) is 4.57 Å². The van der Waals surface area contributed by atoms with Crippen LogP contribution in [0.5, 0.6) is 0 Å². The molecule has 0 aliphatic heterocycles. The predicted molar refractivity (Wildman–Crippen MR) is 66.7 cm³/mol. The number of nitrogen functional groups attached to an aromatic ring is 1. The van der Waals surface area contributed by atoms with Crippen LogP contribution in [-0.4, -0.2) is 26.9 Å². The van der Waals surface area contributed by atoms with E-state index < -0.39 is 5.97 Å². The number of aromatic carboxylic acids is 1. The van der Waals surface area contributed by atoms with Crippen molar-refractivity contribution < 1.29 is 9.90 Å². The molecule has 0 bridgehead atoms. The fourth-order valence-electron chi connectivity index (χ4n) is 1.57. The van der Waals surface area contributed by atoms with Crippen LogP contribution in [-0.2, 0) is 0 Å². The summed E-state index contributed by atoms with van der Waals surface area (Å²) in [5.74, 6) is -1.05. The van der Waals surface area contributed by atoms with E-state index in [9.17, 15) is 4.79 Å². The van der Waals surface area contributed by atoms with E-state index >= 15 is 0 Å². The van der Waals surface area contributed by atoms with Gasteiger partial charge in [0.25, 0.3) is 0 Å². The molecule has 88 valence electrons. The highest BCUT2D eigenvalue weighted by Crippen LogP contribution is 2.25. The topological polar surface area (TPSA) is 81.1 Å². The van der Waals surface area contributed by atoms with Crippen LogP contribution in [0.1, 0.15) is 10.5 Å². The average Bonchev–Trinajstić information content (AvgIpc) is 2.67. The van der Waals surface area contributed by atoms with Gasteiger partial charge >= 0.3 is 5.97 Å². The van der Waals surface area contributed by atoms with Crippen molar-refractivity contribution >= 4 is 23.5 Å². The Labute approximate surface area is 102 Å². The van der Waals surface area contributed by atoms with Gasteiger partial charge in [0.2, 0.25) is 0 Å². The van der Waals surface area contributed by atoms with Crippen LogP contribution >= 0.6 is 11.8 Å². The molecule has 1 aromatic carbocycles. The van der Waals surface area contributed by atoms with Gasteiger partial charge in [0.05, 0.1) is 0 Å². The van der Waals surface area contributed by atoms with E-state index in [4.69, 9.17) is 10.8 Å². The number of hydrogen-bond donors (Lipinski definition) is 2. The van der Waals surface area contributed by atoms with Crippen molar-refractivity contribution in [3.63, 3.8) is 0 Å². The van der Waals surface area contributed by atoms with Crippen LogP contribution < -0.4 is 5.73 Å². The smallest absolute Gasteiger partial charge is 0.356 e. The number of aromatic nitrogens is 2. The number of hydrogen-bond acceptors (Lipinski definition) is 4. The van der Waals surface area contributed by atoms with Crippen molar-refractivity contribution in [3.8, 4) is 5.69 Å². The van der Waals surface area contributed by atoms with E-state index in [2.05, 4.69) is 4.98 Å². The van der Waals surface area contributed by atoms with Crippen molar-refractivity contribution in [3.05, 3.63) is 36.0 Å². The average molecular weight is 249 g/mol. The van der Waals surface area contributed by atoms with Crippen LogP contribution in [0, 0.1) is 0 Å². The van der Waals surface area contributed by atoms with Gasteiger partial charge in [0.15, 0.2) is 16.7 Å². The maximum absolute atomic E-state index is 11.2. The van der Waals surface area contributed by atoms with Crippen molar-refractivity contribution in [2.75, 3.05) is 12.0 Å². The van der Waals surface area contributed by atoms with Crippen molar-refractivity contribution in [1.82, 2.24) is 9.55 Å². The molecule has 0 saturated carbocycles. The molecule has 5 nitrogen and oxygen atoms in total. The summed E-state index contributed by atoms with van der Waals surface area (Å²) in [6.45, 7) is 0. The highest BCUT2D eigenvalue weighted by Gasteiger charge is 2.21. The lowest BCUT2D eigenvalue weighted by Crippen LogP contribution is -2.09. The minimum atomic E-state index is -1.08. The normalized spacial score (nSPS) is 10.4. The first kappa shape index (κ1) is 11.5. The van der Waals surface area contributed by atoms with Gasteiger partial charge < -0.3 is 10.8 Å². The third-order valence-electron chi connectivity index (χ3n) is 2.27. The Hall–Kier alpha value is -1.95. The first-order chi connectivity index (χ1) is 8.15. The van der Waals surface area contributed by atoms with Crippen LogP contribution in [0.3, 0.4) is 0 Å². The summed E-state index contributed by atoms with van der Waals surface area (Å²) in [4.78, 5) is 15.2. The second kappa shape index (κ2) is 4.50. The Morgan fingerprint density at radius 3 is 2.59 bits per heavy atom. The van der Waals surface area contributed by atoms with Gasteiger partial charge in [-0.15, -0.1) is 0 Å². The number of anilines is 1. The highest BCUT2D eigenvalue weighted by molar-refractivity contribution is 7.98. The summed E-state index contributed by atoms with van der Waals surface area (Å²) in [6, 6.07) is 9.16. The molecule has 3 N–H and O–H groups in total. The van der Waals surface area contributed by atoms with Gasteiger partial charge in [-0.25, -0.2) is 9.78 Å². The number of carbonyl (C=O) groups is 1. The molecule has 2 aromatic rings. The molecule has 17 heavy (non-hydrogen) atoms. The summed E-state index contributed by atoms with van der Waals surface area (Å²) in [6.07, 6.45) is 1.83. The van der Waals surface area contributed by atoms with Gasteiger partial charge in [-0.1, -0.05) is 30.0 Å². The summed E-state index contributed by atoms with van der Waals surface area (Å²) >= 11 is 1.35. The second-order valence-corrected chi connectivity index (χ2v) is 4.08. The van der Waals surface area contributed by atoms with Crippen LogP contribution in [0.25, 0.3) is 5.69 Å². The zero-order chi connectivity index (χ0) is 12.4. The van der Waals surface area contributed by atoms with Gasteiger partial charge in [0, 0.05) is 5.69 Å². The minimum absolute atomic E-state index is 0.000509. The third-order valence-corrected chi connectivity index (χ3v) is 2.91. The maximum atomic E-state index is 11.2. The Morgan fingerprint density at radius 2 is 2.06 bits per heavy atom. The van der Waals surface area contributed by atoms with Gasteiger partial charge in [-0.05, 0) is 18.4 Å². The number of nitrogens with two attached hydrogens (primary N) is 1. The van der Waals surface area contributed by atoms with E-state index in [1.807, 2.05) is 36.6 Å². The lowest BCUT2D eigenvalue weighted by Gasteiger charge is -2.07. The van der Waals surface area contributed by atoms with E-state index in [0.717, 1.165) is 5.69 Å². The molecule has 2 rings (SSSR count). The molecule has 0 spiro atoms. The molecule has 0 aliphatic carbocycles. The molecule has 0 amide bonds. The third kappa shape index (κ3) is 1.99. The van der Waals surface area contributed by atoms with Gasteiger partial charge in [0.1, 0.15) is 0 Å². The largest absolute Gasteiger partial charge is 0.476 e. The molecule has 0 fully saturated rings. The number of rotatable bonds is 3. The second-order valence-electron chi connectivity index (χ2n) is 3.31. The highest BCUT2D eigenvalue weighted by atomic mass is 32.2. The van der Waals surface area contributed by atoms with Crippen LogP contribution in [0.2, 0.25) is 0 Å². The monoisotopic (exact) mass is 249 g/mol. The minimum Gasteiger partial charge on any atom is -0.476 e. The molecule has 0 aliphatic rings. The maximum Gasteiger partial charge on any atom is 0.356 e. The fraction of sp³-hybridized carbons (Fsp3) is 0.0909. The number of thioether (sulfide) groups is 1. The number of nitrogens with zero attached hydrogens (tertiary/aromatic N) is 2. The molecule has 0 unspecified atom stereocenters. The van der Waals surface area contributed by atoms with Crippen LogP contribution in [0.15, 0.2) is 35.5 Å².